The molecule has 1 aromatic heterocycles. The van der Waals surface area contributed by atoms with Crippen molar-refractivity contribution in [3.63, 3.8) is 0 Å². The maximum atomic E-state index is 9.41. The minimum atomic E-state index is -3.17. The van der Waals surface area contributed by atoms with E-state index in [9.17, 15) is 8.42 Å². The number of aryl methyl sites for hydroxylation is 2. The molecule has 0 atom stereocenters. The van der Waals surface area contributed by atoms with Gasteiger partial charge in [0.1, 0.15) is 5.82 Å². The third kappa shape index (κ3) is 19.5. The molecule has 0 saturated heterocycles. The van der Waals surface area contributed by atoms with Crippen LogP contribution in [0.15, 0.2) is 66.7 Å². The number of aromatic nitrogens is 2. The second-order valence-electron chi connectivity index (χ2n) is 5.89. The zero-order valence-corrected chi connectivity index (χ0v) is 22.6. The molecule has 0 bridgehead atoms. The first kappa shape index (κ1) is 34.2. The number of sulfonamides is 1. The molecular formula is C26H45N3O2S. The van der Waals surface area contributed by atoms with Crippen molar-refractivity contribution in [3.8, 4) is 0 Å². The van der Waals surface area contributed by atoms with Gasteiger partial charge in [-0.05, 0) is 26.3 Å². The van der Waals surface area contributed by atoms with Gasteiger partial charge in [-0.15, -0.1) is 0 Å². The van der Waals surface area contributed by atoms with Crippen molar-refractivity contribution in [2.45, 2.75) is 68.9 Å². The van der Waals surface area contributed by atoms with Crippen LogP contribution in [0.2, 0.25) is 0 Å². The van der Waals surface area contributed by atoms with Crippen molar-refractivity contribution in [3.05, 3.63) is 89.5 Å². The fourth-order valence-electron chi connectivity index (χ4n) is 2.21. The first-order chi connectivity index (χ1) is 15.2. The summed E-state index contributed by atoms with van der Waals surface area (Å²) in [5, 5.41) is 4.33. The van der Waals surface area contributed by atoms with Gasteiger partial charge in [-0.25, -0.2) is 18.5 Å². The summed E-state index contributed by atoms with van der Waals surface area (Å²) in [5.41, 5.74) is 3.71. The summed E-state index contributed by atoms with van der Waals surface area (Å²) in [6.45, 7) is 19.2. The molecule has 0 amide bonds. The Morgan fingerprint density at radius 2 is 1.06 bits per heavy atom. The number of rotatable bonds is 2. The van der Waals surface area contributed by atoms with E-state index < -0.39 is 10.0 Å². The molecule has 0 saturated carbocycles. The van der Waals surface area contributed by atoms with Crippen LogP contribution in [-0.4, -0.2) is 24.2 Å². The predicted octanol–water partition coefficient (Wildman–Crippen LogP) is 6.53. The van der Waals surface area contributed by atoms with Gasteiger partial charge in [-0.3, -0.25) is 0 Å². The number of nitrogens with two attached hydrogens (primary N) is 1. The van der Waals surface area contributed by atoms with Gasteiger partial charge in [0.15, 0.2) is 0 Å². The smallest absolute Gasteiger partial charge is 0.206 e. The number of benzene rings is 2. The SMILES string of the molecule is CC.CC.CC.CS(N)(=O)=O.Cc1nc(C)n(Cc2ccccc2)c1C.c1ccccc1. The van der Waals surface area contributed by atoms with Crippen LogP contribution in [0.3, 0.4) is 0 Å². The average molecular weight is 464 g/mol. The Hall–Kier alpha value is -2.44. The lowest BCUT2D eigenvalue weighted by Gasteiger charge is -2.07. The van der Waals surface area contributed by atoms with Gasteiger partial charge in [0.25, 0.3) is 0 Å². The Kier molecular flexibility index (Phi) is 23.3. The van der Waals surface area contributed by atoms with E-state index in [0.29, 0.717) is 0 Å². The minimum absolute atomic E-state index is 0.916. The van der Waals surface area contributed by atoms with Gasteiger partial charge in [-0.2, -0.15) is 0 Å². The van der Waals surface area contributed by atoms with Crippen LogP contribution in [-0.2, 0) is 16.6 Å². The van der Waals surface area contributed by atoms with E-state index in [-0.39, 0.29) is 0 Å². The quantitative estimate of drug-likeness (QED) is 0.469. The van der Waals surface area contributed by atoms with Crippen LogP contribution in [0.4, 0.5) is 0 Å². The molecular weight excluding hydrogens is 418 g/mol. The summed E-state index contributed by atoms with van der Waals surface area (Å²) in [5.74, 6) is 1.09. The monoisotopic (exact) mass is 463 g/mol. The molecule has 0 aliphatic carbocycles. The molecule has 3 aromatic rings. The van der Waals surface area contributed by atoms with Crippen LogP contribution in [0.1, 0.15) is 64.3 Å². The highest BCUT2D eigenvalue weighted by Crippen LogP contribution is 2.12. The maximum absolute atomic E-state index is 9.41. The molecule has 6 heteroatoms. The van der Waals surface area contributed by atoms with Crippen molar-refractivity contribution < 1.29 is 8.42 Å². The molecule has 1 heterocycles. The van der Waals surface area contributed by atoms with Crippen LogP contribution in [0, 0.1) is 20.8 Å². The molecule has 0 fully saturated rings. The van der Waals surface area contributed by atoms with E-state index in [1.54, 1.807) is 0 Å². The minimum Gasteiger partial charge on any atom is -0.328 e. The first-order valence-electron chi connectivity index (χ1n) is 11.2. The van der Waals surface area contributed by atoms with E-state index in [0.717, 1.165) is 24.3 Å². The summed E-state index contributed by atoms with van der Waals surface area (Å²) < 4.78 is 21.1. The van der Waals surface area contributed by atoms with Crippen molar-refractivity contribution in [2.75, 3.05) is 6.26 Å². The van der Waals surface area contributed by atoms with Gasteiger partial charge < -0.3 is 4.57 Å². The molecule has 3 rings (SSSR count). The largest absolute Gasteiger partial charge is 0.328 e. The normalized spacial score (nSPS) is 8.84. The molecule has 182 valence electrons. The lowest BCUT2D eigenvalue weighted by Crippen LogP contribution is -2.07. The fraction of sp³-hybridized carbons (Fsp3) is 0.423. The summed E-state index contributed by atoms with van der Waals surface area (Å²) in [4.78, 5) is 4.47. The molecule has 32 heavy (non-hydrogen) atoms. The number of primary sulfonamides is 1. The van der Waals surface area contributed by atoms with Gasteiger partial charge >= 0.3 is 0 Å². The van der Waals surface area contributed by atoms with Gasteiger partial charge in [-0.1, -0.05) is 108 Å². The van der Waals surface area contributed by atoms with E-state index in [2.05, 4.69) is 59.7 Å². The number of imidazole rings is 1. The molecule has 2 aromatic carbocycles. The molecule has 0 radical (unpaired) electrons. The highest BCUT2D eigenvalue weighted by molar-refractivity contribution is 7.88. The summed E-state index contributed by atoms with van der Waals surface area (Å²) in [6, 6.07) is 22.5. The highest BCUT2D eigenvalue weighted by atomic mass is 32.2. The molecule has 0 aliphatic rings. The Morgan fingerprint density at radius 3 is 1.34 bits per heavy atom. The van der Waals surface area contributed by atoms with Crippen molar-refractivity contribution in [1.82, 2.24) is 9.55 Å². The Bertz CT molecular complexity index is 841. The summed E-state index contributed by atoms with van der Waals surface area (Å²) in [7, 11) is -3.17. The lowest BCUT2D eigenvalue weighted by atomic mass is 10.2. The van der Waals surface area contributed by atoms with E-state index in [1.807, 2.05) is 84.0 Å². The van der Waals surface area contributed by atoms with Crippen LogP contribution in [0.25, 0.3) is 0 Å². The topological polar surface area (TPSA) is 78.0 Å². The molecule has 5 nitrogen and oxygen atoms in total. The van der Waals surface area contributed by atoms with Crippen LogP contribution < -0.4 is 5.14 Å². The number of hydrogen-bond acceptors (Lipinski definition) is 3. The first-order valence-corrected chi connectivity index (χ1v) is 13.2. The van der Waals surface area contributed by atoms with E-state index in [1.165, 1.54) is 11.3 Å². The Morgan fingerprint density at radius 1 is 0.750 bits per heavy atom. The van der Waals surface area contributed by atoms with Crippen molar-refractivity contribution in [2.24, 2.45) is 5.14 Å². The second-order valence-corrected chi connectivity index (χ2v) is 7.54. The summed E-state index contributed by atoms with van der Waals surface area (Å²) in [6.07, 6.45) is 0.938. The van der Waals surface area contributed by atoms with Crippen molar-refractivity contribution in [1.29, 1.82) is 0 Å². The lowest BCUT2D eigenvalue weighted by molar-refractivity contribution is 0.603. The Balaban J connectivity index is -0.000000412. The standard InChI is InChI=1S/C13H16N2.C6H6.3C2H6.CH5NO2S/c1-10-11(2)15(12(3)14-10)9-13-7-5-4-6-8-13;1-2-4-6-5-3-1;3*1-2;1-5(2,3)4/h4-8H,9H2,1-3H3;1-6H;3*1-2H3;1H3,(H2,2,3,4). The van der Waals surface area contributed by atoms with Gasteiger partial charge in [0.05, 0.1) is 11.9 Å². The predicted molar refractivity (Wildman–Crippen MR) is 141 cm³/mol. The fourth-order valence-corrected chi connectivity index (χ4v) is 2.21. The zero-order valence-electron chi connectivity index (χ0n) is 21.8. The van der Waals surface area contributed by atoms with Gasteiger partial charge in [0.2, 0.25) is 10.0 Å². The molecule has 0 spiro atoms. The molecule has 2 N–H and O–H groups in total. The second kappa shape index (κ2) is 21.8. The number of nitrogens with zero attached hydrogens (tertiary/aromatic N) is 2. The van der Waals surface area contributed by atoms with Crippen molar-refractivity contribution >= 4 is 10.0 Å². The average Bonchev–Trinajstić information content (AvgIpc) is 3.05. The van der Waals surface area contributed by atoms with Crippen LogP contribution in [0.5, 0.6) is 0 Å². The third-order valence-electron chi connectivity index (χ3n) is 3.50. The third-order valence-corrected chi connectivity index (χ3v) is 3.50. The van der Waals surface area contributed by atoms with E-state index in [4.69, 9.17) is 0 Å². The maximum Gasteiger partial charge on any atom is 0.206 e. The van der Waals surface area contributed by atoms with Gasteiger partial charge in [0, 0.05) is 12.2 Å². The molecule has 0 unspecified atom stereocenters. The van der Waals surface area contributed by atoms with E-state index >= 15 is 0 Å². The van der Waals surface area contributed by atoms with Crippen LogP contribution >= 0.6 is 0 Å². The summed E-state index contributed by atoms with van der Waals surface area (Å²) >= 11 is 0. The highest BCUT2D eigenvalue weighted by Gasteiger charge is 2.06. The number of hydrogen-bond donors (Lipinski definition) is 1. The zero-order chi connectivity index (χ0) is 25.6. The Labute approximate surface area is 197 Å². The molecule has 0 aliphatic heterocycles.